The lowest BCUT2D eigenvalue weighted by atomic mass is 9.95. The number of carbonyl (C=O) groups excluding carboxylic acids is 3. The summed E-state index contributed by atoms with van der Waals surface area (Å²) in [5.41, 5.74) is 6.02. The SMILES string of the molecule is CC(C)(C)OC(=O)N1CCC(C(=O)Nc2ccccc2CC(N)=O)CC1. The molecule has 1 aromatic rings. The number of ether oxygens (including phenoxy) is 1. The molecule has 0 atom stereocenters. The summed E-state index contributed by atoms with van der Waals surface area (Å²) in [6.45, 7) is 6.45. The maximum atomic E-state index is 12.5. The molecular weight excluding hydrogens is 334 g/mol. The number of likely N-dealkylation sites (tertiary alicyclic amines) is 1. The van der Waals surface area contributed by atoms with Gasteiger partial charge in [-0.25, -0.2) is 4.79 Å². The number of anilines is 1. The Morgan fingerprint density at radius 1 is 1.19 bits per heavy atom. The van der Waals surface area contributed by atoms with Gasteiger partial charge >= 0.3 is 6.09 Å². The van der Waals surface area contributed by atoms with Crippen molar-refractivity contribution in [1.82, 2.24) is 4.90 Å². The Balaban J connectivity index is 1.91. The molecule has 0 bridgehead atoms. The van der Waals surface area contributed by atoms with Crippen LogP contribution in [0.15, 0.2) is 24.3 Å². The summed E-state index contributed by atoms with van der Waals surface area (Å²) in [4.78, 5) is 37.4. The molecule has 7 nitrogen and oxygen atoms in total. The van der Waals surface area contributed by atoms with Crippen molar-refractivity contribution in [1.29, 1.82) is 0 Å². The van der Waals surface area contributed by atoms with Crippen LogP contribution in [0, 0.1) is 5.92 Å². The van der Waals surface area contributed by atoms with Crippen LogP contribution in [0.4, 0.5) is 10.5 Å². The van der Waals surface area contributed by atoms with E-state index in [0.717, 1.165) is 0 Å². The molecule has 0 unspecified atom stereocenters. The number of benzene rings is 1. The minimum absolute atomic E-state index is 0.0769. The lowest BCUT2D eigenvalue weighted by molar-refractivity contribution is -0.121. The molecule has 26 heavy (non-hydrogen) atoms. The molecular formula is C19H27N3O4. The van der Waals surface area contributed by atoms with E-state index in [4.69, 9.17) is 10.5 Å². The van der Waals surface area contributed by atoms with Crippen LogP contribution in [0.1, 0.15) is 39.2 Å². The van der Waals surface area contributed by atoms with Crippen LogP contribution in [0.25, 0.3) is 0 Å². The van der Waals surface area contributed by atoms with E-state index in [1.165, 1.54) is 0 Å². The van der Waals surface area contributed by atoms with Crippen LogP contribution in [0.5, 0.6) is 0 Å². The Labute approximate surface area is 153 Å². The van der Waals surface area contributed by atoms with Crippen LogP contribution in [-0.2, 0) is 20.7 Å². The summed E-state index contributed by atoms with van der Waals surface area (Å²) >= 11 is 0. The summed E-state index contributed by atoms with van der Waals surface area (Å²) in [6.07, 6.45) is 0.878. The van der Waals surface area contributed by atoms with Gasteiger partial charge in [0, 0.05) is 24.7 Å². The summed E-state index contributed by atoms with van der Waals surface area (Å²) in [5.74, 6) is -0.738. The number of carbonyl (C=O) groups is 3. The van der Waals surface area contributed by atoms with Crippen molar-refractivity contribution < 1.29 is 19.1 Å². The highest BCUT2D eigenvalue weighted by atomic mass is 16.6. The second-order valence-corrected chi connectivity index (χ2v) is 7.53. The number of hydrogen-bond acceptors (Lipinski definition) is 4. The molecule has 1 aliphatic heterocycles. The zero-order chi connectivity index (χ0) is 19.3. The number of para-hydroxylation sites is 1. The van der Waals surface area contributed by atoms with E-state index >= 15 is 0 Å². The third kappa shape index (κ3) is 5.75. The monoisotopic (exact) mass is 361 g/mol. The van der Waals surface area contributed by atoms with Crippen molar-refractivity contribution in [3.05, 3.63) is 29.8 Å². The maximum absolute atomic E-state index is 12.5. The molecule has 3 amide bonds. The van der Waals surface area contributed by atoms with E-state index < -0.39 is 11.5 Å². The van der Waals surface area contributed by atoms with E-state index in [0.29, 0.717) is 37.2 Å². The first-order chi connectivity index (χ1) is 12.2. The number of primary amides is 1. The molecule has 0 spiro atoms. The van der Waals surface area contributed by atoms with Crippen LogP contribution >= 0.6 is 0 Å². The smallest absolute Gasteiger partial charge is 0.410 e. The second kappa shape index (κ2) is 8.21. The van der Waals surface area contributed by atoms with Gasteiger partial charge in [-0.2, -0.15) is 0 Å². The number of nitrogens with one attached hydrogen (secondary N) is 1. The average molecular weight is 361 g/mol. The first kappa shape index (κ1) is 19.8. The molecule has 1 aromatic carbocycles. The Hall–Kier alpha value is -2.57. The van der Waals surface area contributed by atoms with Gasteiger partial charge in [-0.05, 0) is 45.2 Å². The molecule has 0 saturated carbocycles. The van der Waals surface area contributed by atoms with Crippen molar-refractivity contribution in [2.75, 3.05) is 18.4 Å². The first-order valence-electron chi connectivity index (χ1n) is 8.80. The van der Waals surface area contributed by atoms with Gasteiger partial charge in [0.2, 0.25) is 11.8 Å². The second-order valence-electron chi connectivity index (χ2n) is 7.53. The first-order valence-corrected chi connectivity index (χ1v) is 8.80. The van der Waals surface area contributed by atoms with Crippen LogP contribution < -0.4 is 11.1 Å². The highest BCUT2D eigenvalue weighted by Gasteiger charge is 2.30. The predicted octanol–water partition coefficient (Wildman–Crippen LogP) is 2.30. The molecule has 1 fully saturated rings. The number of amides is 3. The fraction of sp³-hybridized carbons (Fsp3) is 0.526. The number of piperidine rings is 1. The fourth-order valence-corrected chi connectivity index (χ4v) is 2.87. The van der Waals surface area contributed by atoms with Crippen molar-refractivity contribution in [2.24, 2.45) is 11.7 Å². The van der Waals surface area contributed by atoms with E-state index in [2.05, 4.69) is 5.32 Å². The van der Waals surface area contributed by atoms with Gasteiger partial charge in [0.1, 0.15) is 5.60 Å². The lowest BCUT2D eigenvalue weighted by Gasteiger charge is -2.33. The molecule has 2 rings (SSSR count). The molecule has 7 heteroatoms. The minimum Gasteiger partial charge on any atom is -0.444 e. The van der Waals surface area contributed by atoms with Gasteiger partial charge in [0.15, 0.2) is 0 Å². The Morgan fingerprint density at radius 2 is 1.81 bits per heavy atom. The van der Waals surface area contributed by atoms with E-state index in [1.54, 1.807) is 29.2 Å². The maximum Gasteiger partial charge on any atom is 0.410 e. The highest BCUT2D eigenvalue weighted by molar-refractivity contribution is 5.94. The summed E-state index contributed by atoms with van der Waals surface area (Å²) < 4.78 is 5.36. The van der Waals surface area contributed by atoms with Gasteiger partial charge in [-0.1, -0.05) is 18.2 Å². The summed E-state index contributed by atoms with van der Waals surface area (Å²) in [5, 5.41) is 2.89. The summed E-state index contributed by atoms with van der Waals surface area (Å²) in [7, 11) is 0. The van der Waals surface area contributed by atoms with E-state index in [-0.39, 0.29) is 24.3 Å². The third-order valence-corrected chi connectivity index (χ3v) is 4.16. The number of nitrogens with two attached hydrogens (primary N) is 1. The molecule has 142 valence electrons. The van der Waals surface area contributed by atoms with E-state index in [1.807, 2.05) is 20.8 Å². The Bertz CT molecular complexity index is 674. The van der Waals surface area contributed by atoms with Crippen LogP contribution in [0.2, 0.25) is 0 Å². The predicted molar refractivity (Wildman–Crippen MR) is 98.5 cm³/mol. The quantitative estimate of drug-likeness (QED) is 0.859. The topological polar surface area (TPSA) is 102 Å². The average Bonchev–Trinajstić information content (AvgIpc) is 2.54. The molecule has 1 saturated heterocycles. The largest absolute Gasteiger partial charge is 0.444 e. The Kier molecular flexibility index (Phi) is 6.23. The van der Waals surface area contributed by atoms with E-state index in [9.17, 15) is 14.4 Å². The van der Waals surface area contributed by atoms with Gasteiger partial charge in [-0.15, -0.1) is 0 Å². The molecule has 1 heterocycles. The molecule has 1 aliphatic rings. The number of hydrogen-bond donors (Lipinski definition) is 2. The van der Waals surface area contributed by atoms with Crippen LogP contribution in [0.3, 0.4) is 0 Å². The fourth-order valence-electron chi connectivity index (χ4n) is 2.87. The molecule has 0 aromatic heterocycles. The zero-order valence-corrected chi connectivity index (χ0v) is 15.6. The zero-order valence-electron chi connectivity index (χ0n) is 15.6. The van der Waals surface area contributed by atoms with Crippen molar-refractivity contribution in [2.45, 2.75) is 45.6 Å². The normalized spacial score (nSPS) is 15.4. The molecule has 0 aliphatic carbocycles. The van der Waals surface area contributed by atoms with Crippen molar-refractivity contribution >= 4 is 23.6 Å². The van der Waals surface area contributed by atoms with Gasteiger partial charge in [-0.3, -0.25) is 9.59 Å². The van der Waals surface area contributed by atoms with Crippen LogP contribution in [-0.4, -0.2) is 41.5 Å². The van der Waals surface area contributed by atoms with Crippen molar-refractivity contribution in [3.63, 3.8) is 0 Å². The Morgan fingerprint density at radius 3 is 2.38 bits per heavy atom. The number of nitrogens with zero attached hydrogens (tertiary/aromatic N) is 1. The lowest BCUT2D eigenvalue weighted by Crippen LogP contribution is -2.43. The van der Waals surface area contributed by atoms with Gasteiger partial charge in [0.05, 0.1) is 6.42 Å². The molecule has 3 N–H and O–H groups in total. The molecule has 0 radical (unpaired) electrons. The third-order valence-electron chi connectivity index (χ3n) is 4.16. The van der Waals surface area contributed by atoms with Gasteiger partial charge < -0.3 is 20.7 Å². The highest BCUT2D eigenvalue weighted by Crippen LogP contribution is 2.23. The van der Waals surface area contributed by atoms with Gasteiger partial charge in [0.25, 0.3) is 0 Å². The number of rotatable bonds is 4. The standard InChI is InChI=1S/C19H27N3O4/c1-19(2,3)26-18(25)22-10-8-13(9-11-22)17(24)21-15-7-5-4-6-14(15)12-16(20)23/h4-7,13H,8-12H2,1-3H3,(H2,20,23)(H,21,24). The summed E-state index contributed by atoms with van der Waals surface area (Å²) in [6, 6.07) is 7.12. The minimum atomic E-state index is -0.532. The van der Waals surface area contributed by atoms with Crippen molar-refractivity contribution in [3.8, 4) is 0 Å².